The normalized spacial score (nSPS) is 10.4. The van der Waals surface area contributed by atoms with Gasteiger partial charge in [0.25, 0.3) is 5.91 Å². The topological polar surface area (TPSA) is 84.0 Å². The fraction of sp³-hybridized carbons (Fsp3) is 0.111. The second kappa shape index (κ2) is 9.24. The number of hydrogen-bond donors (Lipinski definition) is 2. The average molecular weight is 402 g/mol. The Labute approximate surface area is 163 Å². The lowest BCUT2D eigenvalue weighted by Gasteiger charge is -2.05. The van der Waals surface area contributed by atoms with Crippen molar-refractivity contribution in [2.75, 3.05) is 11.1 Å². The van der Waals surface area contributed by atoms with Crippen molar-refractivity contribution in [3.05, 3.63) is 70.2 Å². The van der Waals surface area contributed by atoms with Crippen LogP contribution in [0.15, 0.2) is 58.9 Å². The lowest BCUT2D eigenvalue weighted by atomic mass is 10.2. The zero-order valence-electron chi connectivity index (χ0n) is 14.0. The lowest BCUT2D eigenvalue weighted by molar-refractivity contribution is -0.118. The average Bonchev–Trinajstić information content (AvgIpc) is 3.19. The van der Waals surface area contributed by atoms with Crippen LogP contribution in [-0.2, 0) is 11.3 Å². The molecular formula is C18H15FN4O2S2. The summed E-state index contributed by atoms with van der Waals surface area (Å²) in [6.07, 6.45) is 0. The third-order valence-electron chi connectivity index (χ3n) is 3.36. The Morgan fingerprint density at radius 3 is 2.70 bits per heavy atom. The highest BCUT2D eigenvalue weighted by atomic mass is 32.2. The molecule has 0 aliphatic rings. The molecular weight excluding hydrogens is 387 g/mol. The summed E-state index contributed by atoms with van der Waals surface area (Å²) in [5.74, 6) is -0.598. The maximum Gasteiger partial charge on any atom is 0.256 e. The van der Waals surface area contributed by atoms with Crippen LogP contribution in [0.3, 0.4) is 0 Å². The Balaban J connectivity index is 1.47. The van der Waals surface area contributed by atoms with E-state index in [1.165, 1.54) is 30.0 Å². The molecule has 0 bridgehead atoms. The highest BCUT2D eigenvalue weighted by Crippen LogP contribution is 2.16. The monoisotopic (exact) mass is 402 g/mol. The largest absolute Gasteiger partial charge is 0.350 e. The van der Waals surface area contributed by atoms with E-state index >= 15 is 0 Å². The molecule has 2 heterocycles. The molecule has 2 aromatic heterocycles. The second-order valence-electron chi connectivity index (χ2n) is 5.37. The second-order valence-corrected chi connectivity index (χ2v) is 7.39. The van der Waals surface area contributed by atoms with Gasteiger partial charge < -0.3 is 10.6 Å². The van der Waals surface area contributed by atoms with Gasteiger partial charge in [0.1, 0.15) is 10.8 Å². The van der Waals surface area contributed by atoms with Crippen molar-refractivity contribution in [1.29, 1.82) is 0 Å². The number of aromatic nitrogens is 2. The number of thioether (sulfide) groups is 1. The van der Waals surface area contributed by atoms with Gasteiger partial charge in [-0.1, -0.05) is 23.9 Å². The van der Waals surface area contributed by atoms with Gasteiger partial charge in [0.2, 0.25) is 5.91 Å². The number of carbonyl (C=O) groups excluding carboxylic acids is 2. The van der Waals surface area contributed by atoms with Gasteiger partial charge in [0, 0.05) is 10.4 Å². The highest BCUT2D eigenvalue weighted by molar-refractivity contribution is 7.99. The molecule has 0 atom stereocenters. The van der Waals surface area contributed by atoms with E-state index in [2.05, 4.69) is 20.8 Å². The first-order chi connectivity index (χ1) is 13.1. The first kappa shape index (κ1) is 19.0. The molecule has 0 saturated carbocycles. The Morgan fingerprint density at radius 2 is 2.00 bits per heavy atom. The molecule has 0 radical (unpaired) electrons. The van der Waals surface area contributed by atoms with Crippen LogP contribution in [0.1, 0.15) is 15.2 Å². The first-order valence-corrected chi connectivity index (χ1v) is 9.79. The van der Waals surface area contributed by atoms with Crippen LogP contribution in [0.4, 0.5) is 10.2 Å². The Hall–Kier alpha value is -2.78. The van der Waals surface area contributed by atoms with Crippen LogP contribution >= 0.6 is 23.1 Å². The first-order valence-electron chi connectivity index (χ1n) is 7.93. The molecule has 1 aromatic carbocycles. The molecule has 3 aromatic rings. The number of nitrogens with one attached hydrogen (secondary N) is 2. The van der Waals surface area contributed by atoms with Crippen LogP contribution in [0.2, 0.25) is 0 Å². The summed E-state index contributed by atoms with van der Waals surface area (Å²) >= 11 is 2.83. The molecule has 0 aliphatic carbocycles. The number of carbonyl (C=O) groups is 2. The smallest absolute Gasteiger partial charge is 0.256 e. The summed E-state index contributed by atoms with van der Waals surface area (Å²) < 4.78 is 13.2. The van der Waals surface area contributed by atoms with E-state index in [0.717, 1.165) is 10.9 Å². The van der Waals surface area contributed by atoms with E-state index in [9.17, 15) is 14.0 Å². The SMILES string of the molecule is O=C(CSc1ccc(NC(=O)c2cccc(F)c2)nn1)NCc1cccs1. The Morgan fingerprint density at radius 1 is 1.11 bits per heavy atom. The van der Waals surface area contributed by atoms with Gasteiger partial charge in [-0.3, -0.25) is 9.59 Å². The van der Waals surface area contributed by atoms with Crippen molar-refractivity contribution in [3.8, 4) is 0 Å². The standard InChI is InChI=1S/C18H15FN4O2S2/c19-13-4-1-3-12(9-13)18(25)21-15-6-7-17(23-22-15)27-11-16(24)20-10-14-5-2-8-26-14/h1-9H,10-11H2,(H,20,24)(H,21,22,25). The molecule has 3 rings (SSSR count). The van der Waals surface area contributed by atoms with Crippen molar-refractivity contribution in [3.63, 3.8) is 0 Å². The van der Waals surface area contributed by atoms with Crippen LogP contribution < -0.4 is 10.6 Å². The van der Waals surface area contributed by atoms with E-state index in [0.29, 0.717) is 11.6 Å². The summed E-state index contributed by atoms with van der Waals surface area (Å²) in [5.41, 5.74) is 0.192. The fourth-order valence-corrected chi connectivity index (χ4v) is 3.36. The number of nitrogens with zero attached hydrogens (tertiary/aromatic N) is 2. The highest BCUT2D eigenvalue weighted by Gasteiger charge is 2.09. The van der Waals surface area contributed by atoms with E-state index in [1.54, 1.807) is 23.5 Å². The maximum atomic E-state index is 13.2. The van der Waals surface area contributed by atoms with E-state index in [-0.39, 0.29) is 23.0 Å². The van der Waals surface area contributed by atoms with Crippen molar-refractivity contribution in [2.45, 2.75) is 11.6 Å². The van der Waals surface area contributed by atoms with E-state index in [4.69, 9.17) is 0 Å². The van der Waals surface area contributed by atoms with Crippen LogP contribution in [0.5, 0.6) is 0 Å². The summed E-state index contributed by atoms with van der Waals surface area (Å²) in [6.45, 7) is 0.508. The predicted octanol–water partition coefficient (Wildman–Crippen LogP) is 3.34. The molecule has 27 heavy (non-hydrogen) atoms. The van der Waals surface area contributed by atoms with Gasteiger partial charge in [-0.2, -0.15) is 0 Å². The predicted molar refractivity (Wildman–Crippen MR) is 103 cm³/mol. The van der Waals surface area contributed by atoms with Crippen molar-refractivity contribution >= 4 is 40.7 Å². The zero-order chi connectivity index (χ0) is 19.1. The van der Waals surface area contributed by atoms with Crippen molar-refractivity contribution in [2.24, 2.45) is 0 Å². The summed E-state index contributed by atoms with van der Waals surface area (Å²) in [7, 11) is 0. The maximum absolute atomic E-state index is 13.2. The van der Waals surface area contributed by atoms with Crippen LogP contribution in [0, 0.1) is 5.82 Å². The third-order valence-corrected chi connectivity index (χ3v) is 5.16. The summed E-state index contributed by atoms with van der Waals surface area (Å²) in [5, 5.41) is 15.8. The number of hydrogen-bond acceptors (Lipinski definition) is 6. The quantitative estimate of drug-likeness (QED) is 0.592. The van der Waals surface area contributed by atoms with Gasteiger partial charge in [0.05, 0.1) is 12.3 Å². The lowest BCUT2D eigenvalue weighted by Crippen LogP contribution is -2.24. The van der Waals surface area contributed by atoms with Gasteiger partial charge in [0.15, 0.2) is 5.82 Å². The zero-order valence-corrected chi connectivity index (χ0v) is 15.6. The summed E-state index contributed by atoms with van der Waals surface area (Å²) in [6, 6.07) is 12.5. The van der Waals surface area contributed by atoms with E-state index < -0.39 is 11.7 Å². The molecule has 2 amide bonds. The van der Waals surface area contributed by atoms with Gasteiger partial charge in [-0.15, -0.1) is 21.5 Å². The Bertz CT molecular complexity index is 917. The number of thiophene rings is 1. The summed E-state index contributed by atoms with van der Waals surface area (Å²) in [4.78, 5) is 25.0. The molecule has 0 fully saturated rings. The minimum absolute atomic E-state index is 0.0984. The molecule has 0 spiro atoms. The fourth-order valence-electron chi connectivity index (χ4n) is 2.07. The molecule has 0 unspecified atom stereocenters. The molecule has 0 aliphatic heterocycles. The van der Waals surface area contributed by atoms with Gasteiger partial charge in [-0.25, -0.2) is 4.39 Å². The third kappa shape index (κ3) is 5.87. The minimum Gasteiger partial charge on any atom is -0.350 e. The van der Waals surface area contributed by atoms with Gasteiger partial charge in [-0.05, 0) is 41.8 Å². The van der Waals surface area contributed by atoms with Crippen molar-refractivity contribution < 1.29 is 14.0 Å². The van der Waals surface area contributed by atoms with E-state index in [1.807, 2.05) is 17.5 Å². The molecule has 0 saturated heterocycles. The minimum atomic E-state index is -0.488. The molecule has 2 N–H and O–H groups in total. The van der Waals surface area contributed by atoms with Crippen LogP contribution in [0.25, 0.3) is 0 Å². The number of halogens is 1. The number of rotatable bonds is 7. The van der Waals surface area contributed by atoms with Crippen LogP contribution in [-0.4, -0.2) is 27.8 Å². The van der Waals surface area contributed by atoms with Gasteiger partial charge >= 0.3 is 0 Å². The van der Waals surface area contributed by atoms with Crippen molar-refractivity contribution in [1.82, 2.24) is 15.5 Å². The Kier molecular flexibility index (Phi) is 6.50. The number of benzene rings is 1. The molecule has 6 nitrogen and oxygen atoms in total. The molecule has 9 heteroatoms. The number of anilines is 1. The number of amides is 2. The molecule has 138 valence electrons.